The number of hydrogen-bond donors (Lipinski definition) is 5. The Balaban J connectivity index is -0.0000000783. The number of nitrogens with zero attached hydrogens (tertiary/aromatic N) is 1. The summed E-state index contributed by atoms with van der Waals surface area (Å²) in [6.45, 7) is 14.8. The van der Waals surface area contributed by atoms with E-state index in [1.165, 1.54) is 47.0 Å². The van der Waals surface area contributed by atoms with Gasteiger partial charge in [-0.2, -0.15) is 18.3 Å². The lowest BCUT2D eigenvalue weighted by Crippen LogP contribution is -2.10. The van der Waals surface area contributed by atoms with Gasteiger partial charge in [0.25, 0.3) is 11.5 Å². The average Bonchev–Trinajstić information content (AvgIpc) is 3.25. The zero-order valence-corrected chi connectivity index (χ0v) is 33.2. The predicted molar refractivity (Wildman–Crippen MR) is 188 cm³/mol. The molecular weight excluding hydrogens is 724 g/mol. The van der Waals surface area contributed by atoms with Crippen LogP contribution < -0.4 is 15.3 Å². The van der Waals surface area contributed by atoms with Crippen LogP contribution in [-0.4, -0.2) is 102 Å². The fourth-order valence-corrected chi connectivity index (χ4v) is 1.50. The molecule has 1 heterocycles. The molecule has 2 aromatic rings. The van der Waals surface area contributed by atoms with Crippen molar-refractivity contribution in [3.8, 4) is 0 Å². The highest BCUT2D eigenvalue weighted by Gasteiger charge is 2.20. The first-order valence-corrected chi connectivity index (χ1v) is 21.7. The number of hydrogen-bond acceptors (Lipinski definition) is 15. The van der Waals surface area contributed by atoms with Crippen LogP contribution in [0.5, 0.6) is 0 Å². The molecular formula is C25H56N2O15P4S. The number of carboxylic acid groups (broad SMARTS) is 1. The maximum Gasteiger partial charge on any atom is 0.376 e. The minimum atomic E-state index is -3.65. The van der Waals surface area contributed by atoms with Crippen molar-refractivity contribution in [2.75, 3.05) is 61.8 Å². The molecule has 0 radical (unpaired) electrons. The third-order valence-electron chi connectivity index (χ3n) is 2.83. The van der Waals surface area contributed by atoms with Crippen LogP contribution in [0.4, 0.5) is 0 Å². The van der Waals surface area contributed by atoms with Crippen LogP contribution in [0, 0.1) is 13.8 Å². The highest BCUT2D eigenvalue weighted by molar-refractivity contribution is 7.57. The Hall–Kier alpha value is -1.32. The van der Waals surface area contributed by atoms with Crippen molar-refractivity contribution in [2.24, 2.45) is 0 Å². The fourth-order valence-electron chi connectivity index (χ4n) is 0.857. The van der Waals surface area contributed by atoms with E-state index < -0.39 is 36.8 Å². The van der Waals surface area contributed by atoms with Crippen molar-refractivity contribution in [1.29, 1.82) is 0 Å². The van der Waals surface area contributed by atoms with Gasteiger partial charge < -0.3 is 29.1 Å². The number of Topliss-reactive ketones (excluding diaryl/α,β-unsaturated/α-hetero) is 1. The maximum absolute atomic E-state index is 10.4. The second kappa shape index (κ2) is 34.5. The van der Waals surface area contributed by atoms with Gasteiger partial charge in [-0.3, -0.25) is 23.1 Å². The number of benzene rings is 1. The first-order valence-electron chi connectivity index (χ1n) is 12.3. The third-order valence-corrected chi connectivity index (χ3v) is 5.95. The van der Waals surface area contributed by atoms with Crippen LogP contribution in [0.15, 0.2) is 35.1 Å². The smallest absolute Gasteiger partial charge is 0.376 e. The number of carbonyl (C=O) groups is 2. The van der Waals surface area contributed by atoms with E-state index in [-0.39, 0.29) is 18.8 Å². The quantitative estimate of drug-likeness (QED) is 0.276. The molecule has 22 heteroatoms. The van der Waals surface area contributed by atoms with E-state index >= 15 is 0 Å². The van der Waals surface area contributed by atoms with Crippen LogP contribution in [0.25, 0.3) is 0 Å². The summed E-state index contributed by atoms with van der Waals surface area (Å²) in [5.74, 6) is -0.667. The molecule has 0 aliphatic rings. The van der Waals surface area contributed by atoms with Crippen molar-refractivity contribution < 1.29 is 66.4 Å². The van der Waals surface area contributed by atoms with E-state index in [4.69, 9.17) is 24.6 Å². The number of H-pyrrole nitrogens is 1. The molecule has 17 nitrogen and oxygen atoms in total. The minimum Gasteiger partial charge on any atom is -0.632 e. The van der Waals surface area contributed by atoms with Gasteiger partial charge in [0.1, 0.15) is 11.5 Å². The maximum atomic E-state index is 10.4. The van der Waals surface area contributed by atoms with Gasteiger partial charge in [0.05, 0.1) is 28.0 Å². The van der Waals surface area contributed by atoms with E-state index in [0.29, 0.717) is 5.69 Å². The summed E-state index contributed by atoms with van der Waals surface area (Å²) < 4.78 is 42.8. The second-order valence-electron chi connectivity index (χ2n) is 8.83. The fraction of sp³-hybridized carbons (Fsp3) is 0.600. The predicted octanol–water partition coefficient (Wildman–Crippen LogP) is 3.83. The molecule has 0 saturated carbocycles. The zero-order valence-electron chi connectivity index (χ0n) is 28.8. The van der Waals surface area contributed by atoms with Gasteiger partial charge in [0.15, 0.2) is 14.7 Å². The van der Waals surface area contributed by atoms with Gasteiger partial charge >= 0.3 is 8.17 Å². The summed E-state index contributed by atoms with van der Waals surface area (Å²) >= 11 is 1.08. The number of aromatic amines is 1. The van der Waals surface area contributed by atoms with Crippen LogP contribution in [0.2, 0.25) is 0 Å². The average molecular weight is 781 g/mol. The Bertz CT molecular complexity index is 1110. The van der Waals surface area contributed by atoms with Gasteiger partial charge in [-0.25, -0.2) is 9.42 Å². The molecule has 5 N–H and O–H groups in total. The molecule has 0 spiro atoms. The van der Waals surface area contributed by atoms with Gasteiger partial charge in [0, 0.05) is 52.4 Å². The van der Waals surface area contributed by atoms with E-state index in [9.17, 15) is 28.5 Å². The lowest BCUT2D eigenvalue weighted by atomic mass is 10.2. The molecule has 2 rings (SSSR count). The Morgan fingerprint density at radius 2 is 1.17 bits per heavy atom. The third kappa shape index (κ3) is 98.9. The van der Waals surface area contributed by atoms with Gasteiger partial charge in [-0.1, -0.05) is 43.3 Å². The normalized spacial score (nSPS) is 10.9. The summed E-state index contributed by atoms with van der Waals surface area (Å²) in [5.41, 5.74) is 1.79. The number of ketones is 1. The Morgan fingerprint density at radius 1 is 0.894 bits per heavy atom. The summed E-state index contributed by atoms with van der Waals surface area (Å²) in [6.07, 6.45) is 0. The molecule has 0 fully saturated rings. The lowest BCUT2D eigenvalue weighted by molar-refractivity contribution is -0.237. The molecule has 47 heavy (non-hydrogen) atoms. The van der Waals surface area contributed by atoms with Gasteiger partial charge in [0.2, 0.25) is 7.94 Å². The van der Waals surface area contributed by atoms with Crippen LogP contribution in [0.1, 0.15) is 39.5 Å². The summed E-state index contributed by atoms with van der Waals surface area (Å²) in [6, 6.07) is 10.3. The minimum absolute atomic E-state index is 0. The molecule has 282 valence electrons. The lowest BCUT2D eigenvalue weighted by Gasteiger charge is -2.13. The number of nitrogens with one attached hydrogen (secondary N) is 1. The van der Waals surface area contributed by atoms with Gasteiger partial charge in [-0.05, 0) is 27.7 Å². The van der Waals surface area contributed by atoms with Crippen molar-refractivity contribution in [1.82, 2.24) is 8.75 Å². The molecule has 1 aromatic carbocycles. The highest BCUT2D eigenvalue weighted by atomic mass is 32.1. The Kier molecular flexibility index (Phi) is 44.8. The van der Waals surface area contributed by atoms with E-state index in [1.54, 1.807) is 20.3 Å². The van der Waals surface area contributed by atoms with Crippen LogP contribution in [-0.2, 0) is 36.8 Å². The van der Waals surface area contributed by atoms with E-state index in [2.05, 4.69) is 45.9 Å². The number of carbonyl (C=O) groups excluding carboxylic acids is 1. The topological polar surface area (TPSA) is 278 Å². The van der Waals surface area contributed by atoms with Gasteiger partial charge in [-0.15, -0.1) is 0 Å². The standard InChI is InChI=1S/C7H8.C3H4N2OS.C3H9O2P.C3H6O.C2H7O4P.C2H7O3P.C2H7O2P.C2H4O2.CH4/c1-7-5-3-2-4-6-7;1-2-3(6)5-7-4-2;1-5-6(2,3)4;1-3(2)4;1-5-7(3,4)6-2;1-5-6(2,3)4;1-5(2,3)4;1-2(3)4;/h2-6H,1H3;1H3,(H,5,6);1-3H3;1-2H3;1-2H3,(H,3,4);1-2H3,(H,3,4);1-2H3,(H,3,4);1H3,(H,3,4);1H4. The summed E-state index contributed by atoms with van der Waals surface area (Å²) in [4.78, 5) is 73.2. The van der Waals surface area contributed by atoms with Crippen LogP contribution >= 0.6 is 42.6 Å². The summed E-state index contributed by atoms with van der Waals surface area (Å²) in [7, 11) is -6.74. The number of phosphoric acid groups is 1. The van der Waals surface area contributed by atoms with Crippen LogP contribution in [0.3, 0.4) is 0 Å². The molecule has 1 unspecified atom stereocenters. The first kappa shape index (κ1) is 61.0. The highest BCUT2D eigenvalue weighted by Crippen LogP contribution is 2.44. The first-order chi connectivity index (χ1) is 20.4. The number of carboxylic acids is 1. The molecule has 0 aliphatic heterocycles. The van der Waals surface area contributed by atoms with E-state index in [1.807, 2.05) is 18.2 Å². The SMILES string of the molecule is C.CC(=O)O.CC(C)=O.COP(C)(C)=O.CO[P+](C)([O-])O.CO[P+]([O-])(O)OC.CP(C)(=O)O.Cc1ccccc1.Cc1ns[nH]c1=O. The molecule has 0 amide bonds. The second-order valence-corrected chi connectivity index (χ2v) is 18.5. The Labute approximate surface area is 284 Å². The number of phosphoric ester groups is 1. The molecule has 0 bridgehead atoms. The number of rotatable bonds is 4. The summed E-state index contributed by atoms with van der Waals surface area (Å²) in [5, 5.41) is 7.42. The Morgan fingerprint density at radius 3 is 1.23 bits per heavy atom. The molecule has 0 aliphatic carbocycles. The van der Waals surface area contributed by atoms with Crippen molar-refractivity contribution >= 4 is 54.3 Å². The van der Waals surface area contributed by atoms with Crippen molar-refractivity contribution in [3.05, 3.63) is 51.9 Å². The van der Waals surface area contributed by atoms with Crippen molar-refractivity contribution in [3.63, 3.8) is 0 Å². The monoisotopic (exact) mass is 780 g/mol. The largest absolute Gasteiger partial charge is 0.632 e. The molecule has 0 saturated heterocycles. The molecule has 1 atom stereocenters. The van der Waals surface area contributed by atoms with E-state index in [0.717, 1.165) is 39.5 Å². The number of aryl methyl sites for hydroxylation is 2. The number of aliphatic carboxylic acids is 1. The van der Waals surface area contributed by atoms with Crippen molar-refractivity contribution in [2.45, 2.75) is 42.0 Å². The zero-order chi connectivity index (χ0) is 38.4. The molecule has 1 aromatic heterocycles. The number of aromatic nitrogens is 2.